The van der Waals surface area contributed by atoms with Crippen molar-refractivity contribution < 1.29 is 14.2 Å². The van der Waals surface area contributed by atoms with E-state index in [0.29, 0.717) is 19.9 Å². The van der Waals surface area contributed by atoms with Crippen LogP contribution in [0.4, 0.5) is 0 Å². The molecule has 6 nitrogen and oxygen atoms in total. The summed E-state index contributed by atoms with van der Waals surface area (Å²) in [6.07, 6.45) is 3.17. The maximum Gasteiger partial charge on any atom is 0.231 e. The lowest BCUT2D eigenvalue weighted by molar-refractivity contribution is 0.139. The maximum atomic E-state index is 5.53. The molecule has 0 aliphatic carbocycles. The Bertz CT molecular complexity index is 526. The smallest absolute Gasteiger partial charge is 0.231 e. The molecular weight excluding hydrogens is 433 g/mol. The maximum absolute atomic E-state index is 5.53. The van der Waals surface area contributed by atoms with E-state index in [1.165, 1.54) is 5.56 Å². The highest BCUT2D eigenvalue weighted by Gasteiger charge is 2.12. The van der Waals surface area contributed by atoms with Gasteiger partial charge in [-0.1, -0.05) is 19.4 Å². The first-order chi connectivity index (χ1) is 11.8. The molecule has 0 unspecified atom stereocenters. The van der Waals surface area contributed by atoms with Crippen molar-refractivity contribution in [1.29, 1.82) is 0 Å². The van der Waals surface area contributed by atoms with Crippen molar-refractivity contribution in [3.05, 3.63) is 23.8 Å². The van der Waals surface area contributed by atoms with E-state index in [1.807, 2.05) is 12.1 Å². The van der Waals surface area contributed by atoms with Crippen LogP contribution in [0.2, 0.25) is 0 Å². The lowest BCUT2D eigenvalue weighted by atomic mass is 10.1. The van der Waals surface area contributed by atoms with Crippen molar-refractivity contribution in [2.24, 2.45) is 4.99 Å². The molecule has 2 N–H and O–H groups in total. The number of nitrogens with zero attached hydrogens (tertiary/aromatic N) is 1. The van der Waals surface area contributed by atoms with Crippen LogP contribution in [0.1, 0.15) is 32.3 Å². The molecule has 2 rings (SSSR count). The monoisotopic (exact) mass is 463 g/mol. The highest BCUT2D eigenvalue weighted by molar-refractivity contribution is 14.0. The van der Waals surface area contributed by atoms with Gasteiger partial charge in [-0.3, -0.25) is 4.99 Å². The highest BCUT2D eigenvalue weighted by atomic mass is 127. The minimum atomic E-state index is 0. The van der Waals surface area contributed by atoms with E-state index in [9.17, 15) is 0 Å². The molecule has 0 spiro atoms. The quantitative estimate of drug-likeness (QED) is 0.242. The second kappa shape index (κ2) is 13.0. The minimum absolute atomic E-state index is 0. The third-order valence-electron chi connectivity index (χ3n) is 3.64. The van der Waals surface area contributed by atoms with Crippen LogP contribution in [0.25, 0.3) is 0 Å². The van der Waals surface area contributed by atoms with Crippen LogP contribution in [0.5, 0.6) is 11.5 Å². The van der Waals surface area contributed by atoms with E-state index in [2.05, 4.69) is 35.5 Å². The molecule has 1 aromatic rings. The Hall–Kier alpha value is -1.22. The number of fused-ring (bicyclic) bond motifs is 1. The molecule has 0 saturated carbocycles. The standard InChI is InChI=1S/C18H29N3O3.HI/c1-3-5-11-22-12-10-21-18(19-4-2)20-9-8-15-6-7-16-17(13-15)24-14-23-16;/h6-7,13H,3-5,8-12,14H2,1-2H3,(H2,19,20,21);1H. The van der Waals surface area contributed by atoms with E-state index in [-0.39, 0.29) is 24.0 Å². The Morgan fingerprint density at radius 1 is 1.16 bits per heavy atom. The third-order valence-corrected chi connectivity index (χ3v) is 3.64. The van der Waals surface area contributed by atoms with Crippen molar-refractivity contribution in [3.8, 4) is 11.5 Å². The summed E-state index contributed by atoms with van der Waals surface area (Å²) in [5.41, 5.74) is 1.21. The summed E-state index contributed by atoms with van der Waals surface area (Å²) in [5.74, 6) is 2.49. The molecule has 7 heteroatoms. The average molecular weight is 463 g/mol. The van der Waals surface area contributed by atoms with Crippen LogP contribution in [0.3, 0.4) is 0 Å². The number of nitrogens with one attached hydrogen (secondary N) is 2. The predicted molar refractivity (Wildman–Crippen MR) is 111 cm³/mol. The van der Waals surface area contributed by atoms with Gasteiger partial charge in [0, 0.05) is 19.7 Å². The van der Waals surface area contributed by atoms with E-state index in [4.69, 9.17) is 14.2 Å². The van der Waals surface area contributed by atoms with Gasteiger partial charge >= 0.3 is 0 Å². The van der Waals surface area contributed by atoms with Crippen LogP contribution in [0.15, 0.2) is 23.2 Å². The van der Waals surface area contributed by atoms with Crippen LogP contribution in [-0.2, 0) is 11.2 Å². The van der Waals surface area contributed by atoms with E-state index in [0.717, 1.165) is 56.4 Å². The van der Waals surface area contributed by atoms with Gasteiger partial charge in [-0.2, -0.15) is 0 Å². The molecule has 0 radical (unpaired) electrons. The van der Waals surface area contributed by atoms with Crippen molar-refractivity contribution in [3.63, 3.8) is 0 Å². The molecular formula is C18H30IN3O3. The Morgan fingerprint density at radius 2 is 2.00 bits per heavy atom. The fourth-order valence-electron chi connectivity index (χ4n) is 2.33. The van der Waals surface area contributed by atoms with Gasteiger partial charge in [0.1, 0.15) is 0 Å². The van der Waals surface area contributed by atoms with Crippen molar-refractivity contribution in [1.82, 2.24) is 10.6 Å². The molecule has 1 aromatic carbocycles. The Morgan fingerprint density at radius 3 is 2.80 bits per heavy atom. The highest BCUT2D eigenvalue weighted by Crippen LogP contribution is 2.32. The molecule has 0 aromatic heterocycles. The fourth-order valence-corrected chi connectivity index (χ4v) is 2.33. The fraction of sp³-hybridized carbons (Fsp3) is 0.611. The molecule has 1 aliphatic heterocycles. The molecule has 0 bridgehead atoms. The number of guanidine groups is 1. The van der Waals surface area contributed by atoms with Gasteiger partial charge in [-0.15, -0.1) is 24.0 Å². The normalized spacial score (nSPS) is 12.6. The van der Waals surface area contributed by atoms with Crippen LogP contribution < -0.4 is 20.1 Å². The van der Waals surface area contributed by atoms with Gasteiger partial charge in [-0.05, 0) is 37.5 Å². The molecule has 0 atom stereocenters. The summed E-state index contributed by atoms with van der Waals surface area (Å²) in [5, 5.41) is 6.60. The van der Waals surface area contributed by atoms with Crippen molar-refractivity contribution >= 4 is 29.9 Å². The first kappa shape index (κ1) is 21.8. The number of hydrogen-bond donors (Lipinski definition) is 2. The largest absolute Gasteiger partial charge is 0.454 e. The van der Waals surface area contributed by atoms with E-state index < -0.39 is 0 Å². The Labute approximate surface area is 167 Å². The first-order valence-electron chi connectivity index (χ1n) is 8.82. The summed E-state index contributed by atoms with van der Waals surface area (Å²) in [6.45, 7) is 8.34. The number of hydrogen-bond acceptors (Lipinski definition) is 4. The second-order valence-electron chi connectivity index (χ2n) is 5.59. The van der Waals surface area contributed by atoms with Crippen LogP contribution in [0, 0.1) is 0 Å². The SMILES string of the molecule is CCCCOCCN=C(NCC)NCCc1ccc2c(c1)OCO2.I. The molecule has 1 aliphatic rings. The molecule has 142 valence electrons. The number of aliphatic imine (C=N–C) groups is 1. The number of ether oxygens (including phenoxy) is 3. The lowest BCUT2D eigenvalue weighted by Gasteiger charge is -2.11. The van der Waals surface area contributed by atoms with E-state index in [1.54, 1.807) is 0 Å². The summed E-state index contributed by atoms with van der Waals surface area (Å²) >= 11 is 0. The number of halogens is 1. The zero-order valence-electron chi connectivity index (χ0n) is 15.2. The van der Waals surface area contributed by atoms with Gasteiger partial charge in [0.25, 0.3) is 0 Å². The molecule has 25 heavy (non-hydrogen) atoms. The molecule has 0 amide bonds. The van der Waals surface area contributed by atoms with Gasteiger partial charge in [0.15, 0.2) is 17.5 Å². The van der Waals surface area contributed by atoms with Gasteiger partial charge in [0.05, 0.1) is 13.2 Å². The average Bonchev–Trinajstić information content (AvgIpc) is 3.05. The minimum Gasteiger partial charge on any atom is -0.454 e. The lowest BCUT2D eigenvalue weighted by Crippen LogP contribution is -2.38. The zero-order valence-corrected chi connectivity index (χ0v) is 17.5. The first-order valence-corrected chi connectivity index (χ1v) is 8.82. The summed E-state index contributed by atoms with van der Waals surface area (Å²) in [4.78, 5) is 4.52. The summed E-state index contributed by atoms with van der Waals surface area (Å²) in [6, 6.07) is 6.07. The van der Waals surface area contributed by atoms with Crippen LogP contribution in [-0.4, -0.2) is 45.6 Å². The van der Waals surface area contributed by atoms with E-state index >= 15 is 0 Å². The number of benzene rings is 1. The van der Waals surface area contributed by atoms with Gasteiger partial charge < -0.3 is 24.8 Å². The second-order valence-corrected chi connectivity index (χ2v) is 5.59. The van der Waals surface area contributed by atoms with Gasteiger partial charge in [-0.25, -0.2) is 0 Å². The third kappa shape index (κ3) is 8.13. The predicted octanol–water partition coefficient (Wildman–Crippen LogP) is 2.95. The topological polar surface area (TPSA) is 64.1 Å². The molecule has 0 fully saturated rings. The Balaban J connectivity index is 0.00000312. The molecule has 1 heterocycles. The van der Waals surface area contributed by atoms with Crippen LogP contribution >= 0.6 is 24.0 Å². The Kier molecular flexibility index (Phi) is 11.4. The summed E-state index contributed by atoms with van der Waals surface area (Å²) < 4.78 is 16.3. The van der Waals surface area contributed by atoms with Crippen molar-refractivity contribution in [2.45, 2.75) is 33.1 Å². The number of unbranched alkanes of at least 4 members (excludes halogenated alkanes) is 1. The number of rotatable bonds is 10. The van der Waals surface area contributed by atoms with Crippen molar-refractivity contribution in [2.75, 3.05) is 39.6 Å². The molecule has 0 saturated heterocycles. The van der Waals surface area contributed by atoms with Gasteiger partial charge in [0.2, 0.25) is 6.79 Å². The summed E-state index contributed by atoms with van der Waals surface area (Å²) in [7, 11) is 0. The zero-order chi connectivity index (χ0) is 17.0.